The number of carbonyl (C=O) groups is 2. The molecule has 1 aliphatic carbocycles. The van der Waals surface area contributed by atoms with Crippen LogP contribution in [0.3, 0.4) is 0 Å². The molecule has 6 nitrogen and oxygen atoms in total. The van der Waals surface area contributed by atoms with E-state index >= 15 is 0 Å². The molecule has 0 spiro atoms. The lowest BCUT2D eigenvalue weighted by molar-refractivity contribution is -0.136. The van der Waals surface area contributed by atoms with E-state index in [1.165, 1.54) is 5.56 Å². The third-order valence-electron chi connectivity index (χ3n) is 4.63. The number of nitriles is 1. The molecule has 2 N–H and O–H groups in total. The molecule has 0 saturated heterocycles. The van der Waals surface area contributed by atoms with E-state index in [1.54, 1.807) is 24.3 Å². The average Bonchev–Trinajstić information content (AvgIpc) is 2.73. The first kappa shape index (κ1) is 18.3. The van der Waals surface area contributed by atoms with Gasteiger partial charge in [0.15, 0.2) is 0 Å². The van der Waals surface area contributed by atoms with Gasteiger partial charge in [-0.15, -0.1) is 0 Å². The second-order valence-electron chi connectivity index (χ2n) is 6.45. The van der Waals surface area contributed by atoms with Crippen LogP contribution in [-0.4, -0.2) is 17.5 Å². The molecule has 2 aromatic rings. The normalized spacial score (nSPS) is 16.1. The minimum Gasteiger partial charge on any atom is -0.318 e. The average molecular weight is 360 g/mol. The van der Waals surface area contributed by atoms with E-state index in [-0.39, 0.29) is 0 Å². The predicted molar refractivity (Wildman–Crippen MR) is 103 cm³/mol. The molecule has 1 aliphatic rings. The zero-order valence-corrected chi connectivity index (χ0v) is 14.8. The van der Waals surface area contributed by atoms with Gasteiger partial charge in [-0.3, -0.25) is 9.59 Å². The van der Waals surface area contributed by atoms with Crippen molar-refractivity contribution < 1.29 is 9.59 Å². The first-order chi connectivity index (χ1) is 13.2. The van der Waals surface area contributed by atoms with Crippen LogP contribution in [0.5, 0.6) is 0 Å². The van der Waals surface area contributed by atoms with Crippen LogP contribution in [0, 0.1) is 11.3 Å². The van der Waals surface area contributed by atoms with Crippen molar-refractivity contribution in [1.29, 1.82) is 5.26 Å². The van der Waals surface area contributed by atoms with Gasteiger partial charge in [-0.05, 0) is 61.4 Å². The summed E-state index contributed by atoms with van der Waals surface area (Å²) in [6.45, 7) is 0. The van der Waals surface area contributed by atoms with Crippen LogP contribution in [0.15, 0.2) is 59.7 Å². The number of nitrogens with zero attached hydrogens (tertiary/aromatic N) is 2. The maximum absolute atomic E-state index is 11.9. The quantitative estimate of drug-likeness (QED) is 0.649. The fraction of sp³-hybridized carbons (Fsp3) is 0.238. The SMILES string of the molecule is N#Cc1ccc(NC(=O)C(=O)NN=C2CCC(c3ccccc3)CC2)cc1. The summed E-state index contributed by atoms with van der Waals surface area (Å²) < 4.78 is 0. The van der Waals surface area contributed by atoms with Gasteiger partial charge in [0.2, 0.25) is 0 Å². The van der Waals surface area contributed by atoms with Gasteiger partial charge in [0.25, 0.3) is 0 Å². The van der Waals surface area contributed by atoms with Gasteiger partial charge in [-0.1, -0.05) is 30.3 Å². The third-order valence-corrected chi connectivity index (χ3v) is 4.63. The maximum atomic E-state index is 11.9. The van der Waals surface area contributed by atoms with Crippen LogP contribution in [0.25, 0.3) is 0 Å². The van der Waals surface area contributed by atoms with Gasteiger partial charge in [-0.2, -0.15) is 10.4 Å². The van der Waals surface area contributed by atoms with Crippen LogP contribution in [0.2, 0.25) is 0 Å². The fourth-order valence-corrected chi connectivity index (χ4v) is 3.12. The van der Waals surface area contributed by atoms with E-state index in [0.29, 0.717) is 17.2 Å². The molecule has 0 bridgehead atoms. The van der Waals surface area contributed by atoms with Crippen LogP contribution in [0.4, 0.5) is 5.69 Å². The molecule has 2 amide bonds. The second-order valence-corrected chi connectivity index (χ2v) is 6.45. The number of benzene rings is 2. The summed E-state index contributed by atoms with van der Waals surface area (Å²) >= 11 is 0. The lowest BCUT2D eigenvalue weighted by Crippen LogP contribution is -2.33. The van der Waals surface area contributed by atoms with Crippen molar-refractivity contribution in [1.82, 2.24) is 5.43 Å². The molecule has 0 atom stereocenters. The number of anilines is 1. The van der Waals surface area contributed by atoms with Gasteiger partial charge in [-0.25, -0.2) is 5.43 Å². The number of nitrogens with one attached hydrogen (secondary N) is 2. The van der Waals surface area contributed by atoms with E-state index in [4.69, 9.17) is 5.26 Å². The molecule has 0 aliphatic heterocycles. The van der Waals surface area contributed by atoms with E-state index < -0.39 is 11.8 Å². The Hall–Kier alpha value is -3.46. The van der Waals surface area contributed by atoms with Crippen molar-refractivity contribution >= 4 is 23.2 Å². The van der Waals surface area contributed by atoms with Crippen LogP contribution < -0.4 is 10.7 Å². The summed E-state index contributed by atoms with van der Waals surface area (Å²) in [5.74, 6) is -1.08. The highest BCUT2D eigenvalue weighted by Gasteiger charge is 2.20. The lowest BCUT2D eigenvalue weighted by Gasteiger charge is -2.23. The molecule has 3 rings (SSSR count). The van der Waals surface area contributed by atoms with Crippen molar-refractivity contribution in [2.75, 3.05) is 5.32 Å². The van der Waals surface area contributed by atoms with E-state index in [2.05, 4.69) is 28.0 Å². The van der Waals surface area contributed by atoms with Crippen molar-refractivity contribution in [2.24, 2.45) is 5.10 Å². The number of hydrogen-bond acceptors (Lipinski definition) is 4. The van der Waals surface area contributed by atoms with Crippen molar-refractivity contribution in [3.05, 3.63) is 65.7 Å². The van der Waals surface area contributed by atoms with Crippen molar-refractivity contribution in [3.63, 3.8) is 0 Å². The summed E-state index contributed by atoms with van der Waals surface area (Å²) in [5.41, 5.74) is 5.50. The molecule has 0 unspecified atom stereocenters. The fourth-order valence-electron chi connectivity index (χ4n) is 3.12. The Morgan fingerprint density at radius 1 is 0.963 bits per heavy atom. The van der Waals surface area contributed by atoms with Gasteiger partial charge in [0, 0.05) is 11.4 Å². The van der Waals surface area contributed by atoms with Gasteiger partial charge >= 0.3 is 11.8 Å². The smallest absolute Gasteiger partial charge is 0.318 e. The number of hydrazone groups is 1. The van der Waals surface area contributed by atoms with Gasteiger partial charge in [0.05, 0.1) is 11.6 Å². The van der Waals surface area contributed by atoms with Crippen LogP contribution in [-0.2, 0) is 9.59 Å². The molecule has 6 heteroatoms. The van der Waals surface area contributed by atoms with E-state index in [0.717, 1.165) is 31.4 Å². The zero-order chi connectivity index (χ0) is 19.1. The largest absolute Gasteiger partial charge is 0.329 e. The summed E-state index contributed by atoms with van der Waals surface area (Å²) in [6, 6.07) is 18.7. The summed E-state index contributed by atoms with van der Waals surface area (Å²) in [7, 11) is 0. The number of amides is 2. The monoisotopic (exact) mass is 360 g/mol. The molecule has 1 fully saturated rings. The number of hydrogen-bond donors (Lipinski definition) is 2. The number of carbonyl (C=O) groups excluding carboxylic acids is 2. The molecule has 0 aromatic heterocycles. The van der Waals surface area contributed by atoms with E-state index in [9.17, 15) is 9.59 Å². The Balaban J connectivity index is 1.48. The minimum absolute atomic E-state index is 0.449. The molecular formula is C21H20N4O2. The molecule has 136 valence electrons. The Bertz CT molecular complexity index is 873. The molecule has 2 aromatic carbocycles. The van der Waals surface area contributed by atoms with Crippen LogP contribution in [0.1, 0.15) is 42.7 Å². The Kier molecular flexibility index (Phi) is 5.95. The highest BCUT2D eigenvalue weighted by atomic mass is 16.2. The molecule has 0 radical (unpaired) electrons. The maximum Gasteiger partial charge on any atom is 0.329 e. The minimum atomic E-state index is -0.808. The Labute approximate surface area is 157 Å². The lowest BCUT2D eigenvalue weighted by atomic mass is 9.83. The first-order valence-corrected chi connectivity index (χ1v) is 8.87. The molecule has 1 saturated carbocycles. The van der Waals surface area contributed by atoms with Crippen molar-refractivity contribution in [2.45, 2.75) is 31.6 Å². The summed E-state index contributed by atoms with van der Waals surface area (Å²) in [5, 5.41) is 15.4. The third kappa shape index (κ3) is 5.02. The standard InChI is InChI=1S/C21H20N4O2/c22-14-15-6-10-18(11-7-15)23-20(26)21(27)25-24-19-12-8-17(9-13-19)16-4-2-1-3-5-16/h1-7,10-11,17H,8-9,12-13H2,(H,23,26)(H,25,27). The van der Waals surface area contributed by atoms with Gasteiger partial charge < -0.3 is 5.32 Å². The second kappa shape index (κ2) is 8.77. The topological polar surface area (TPSA) is 94.4 Å². The Morgan fingerprint density at radius 2 is 1.63 bits per heavy atom. The van der Waals surface area contributed by atoms with Gasteiger partial charge in [0.1, 0.15) is 0 Å². The number of rotatable bonds is 3. The molecular weight excluding hydrogens is 340 g/mol. The first-order valence-electron chi connectivity index (χ1n) is 8.87. The summed E-state index contributed by atoms with van der Waals surface area (Å²) in [4.78, 5) is 23.8. The highest BCUT2D eigenvalue weighted by Crippen LogP contribution is 2.31. The molecule has 27 heavy (non-hydrogen) atoms. The predicted octanol–water partition coefficient (Wildman–Crippen LogP) is 3.33. The van der Waals surface area contributed by atoms with Crippen molar-refractivity contribution in [3.8, 4) is 6.07 Å². The zero-order valence-electron chi connectivity index (χ0n) is 14.8. The van der Waals surface area contributed by atoms with E-state index in [1.807, 2.05) is 24.3 Å². The summed E-state index contributed by atoms with van der Waals surface area (Å²) in [6.07, 6.45) is 3.57. The Morgan fingerprint density at radius 3 is 2.26 bits per heavy atom. The highest BCUT2D eigenvalue weighted by molar-refractivity contribution is 6.39. The molecule has 0 heterocycles. The van der Waals surface area contributed by atoms with Crippen LogP contribution >= 0.6 is 0 Å².